The lowest BCUT2D eigenvalue weighted by Crippen LogP contribution is -2.36. The van der Waals surface area contributed by atoms with Gasteiger partial charge in [-0.2, -0.15) is 0 Å². The van der Waals surface area contributed by atoms with Crippen molar-refractivity contribution in [2.24, 2.45) is 0 Å². The van der Waals surface area contributed by atoms with Crippen LogP contribution in [0.15, 0.2) is 36.9 Å². The maximum absolute atomic E-state index is 12.0. The van der Waals surface area contributed by atoms with Crippen molar-refractivity contribution in [1.29, 1.82) is 0 Å². The van der Waals surface area contributed by atoms with Gasteiger partial charge < -0.3 is 15.1 Å². The van der Waals surface area contributed by atoms with Crippen molar-refractivity contribution in [3.63, 3.8) is 0 Å². The number of carbonyl (C=O) groups excluding carboxylic acids is 2. The summed E-state index contributed by atoms with van der Waals surface area (Å²) in [5.41, 5.74) is 1.94. The van der Waals surface area contributed by atoms with E-state index in [1.54, 1.807) is 0 Å². The number of amides is 2. The SMILES string of the molecule is C=CC(=O)N(CC)CC(=O)Nc1ccc(N2CCCCC2)cc1. The lowest BCUT2D eigenvalue weighted by molar-refractivity contribution is -0.130. The summed E-state index contributed by atoms with van der Waals surface area (Å²) in [5.74, 6) is -0.434. The van der Waals surface area contributed by atoms with Crippen LogP contribution in [0.3, 0.4) is 0 Å². The summed E-state index contributed by atoms with van der Waals surface area (Å²) in [6, 6.07) is 7.89. The molecule has 1 fully saturated rings. The van der Waals surface area contributed by atoms with Crippen LogP contribution in [0.1, 0.15) is 26.2 Å². The minimum Gasteiger partial charge on any atom is -0.372 e. The Labute approximate surface area is 138 Å². The number of benzene rings is 1. The zero-order chi connectivity index (χ0) is 16.7. The number of anilines is 2. The average molecular weight is 315 g/mol. The zero-order valence-electron chi connectivity index (χ0n) is 13.8. The van der Waals surface area contributed by atoms with E-state index in [0.29, 0.717) is 6.54 Å². The molecule has 0 unspecified atom stereocenters. The Balaban J connectivity index is 1.90. The fourth-order valence-corrected chi connectivity index (χ4v) is 2.76. The van der Waals surface area contributed by atoms with E-state index in [2.05, 4.69) is 16.8 Å². The molecule has 1 aliphatic rings. The van der Waals surface area contributed by atoms with Crippen LogP contribution in [-0.2, 0) is 9.59 Å². The monoisotopic (exact) mass is 315 g/mol. The van der Waals surface area contributed by atoms with E-state index < -0.39 is 0 Å². The molecule has 5 nitrogen and oxygen atoms in total. The molecule has 1 saturated heterocycles. The summed E-state index contributed by atoms with van der Waals surface area (Å²) in [4.78, 5) is 27.4. The Kier molecular flexibility index (Phi) is 6.20. The van der Waals surface area contributed by atoms with Crippen molar-refractivity contribution >= 4 is 23.2 Å². The summed E-state index contributed by atoms with van der Waals surface area (Å²) in [6.07, 6.45) is 5.01. The molecule has 124 valence electrons. The number of nitrogens with zero attached hydrogens (tertiary/aromatic N) is 2. The predicted molar refractivity (Wildman–Crippen MR) is 93.6 cm³/mol. The Morgan fingerprint density at radius 1 is 1.22 bits per heavy atom. The molecule has 1 aliphatic heterocycles. The Morgan fingerprint density at radius 2 is 1.87 bits per heavy atom. The Hall–Kier alpha value is -2.30. The molecule has 23 heavy (non-hydrogen) atoms. The van der Waals surface area contributed by atoms with Crippen LogP contribution in [0.25, 0.3) is 0 Å². The molecule has 1 aromatic rings. The van der Waals surface area contributed by atoms with E-state index in [9.17, 15) is 9.59 Å². The van der Waals surface area contributed by atoms with E-state index >= 15 is 0 Å². The summed E-state index contributed by atoms with van der Waals surface area (Å²) in [6.45, 7) is 7.99. The highest BCUT2D eigenvalue weighted by molar-refractivity contribution is 5.96. The van der Waals surface area contributed by atoms with E-state index in [0.717, 1.165) is 18.8 Å². The molecule has 0 spiro atoms. The number of nitrogens with one attached hydrogen (secondary N) is 1. The van der Waals surface area contributed by atoms with Crippen LogP contribution < -0.4 is 10.2 Å². The fraction of sp³-hybridized carbons (Fsp3) is 0.444. The van der Waals surface area contributed by atoms with E-state index in [-0.39, 0.29) is 18.4 Å². The van der Waals surface area contributed by atoms with Crippen molar-refractivity contribution in [2.45, 2.75) is 26.2 Å². The van der Waals surface area contributed by atoms with Crippen molar-refractivity contribution in [3.8, 4) is 0 Å². The molecule has 2 amide bonds. The number of likely N-dealkylation sites (N-methyl/N-ethyl adjacent to an activating group) is 1. The molecule has 5 heteroatoms. The topological polar surface area (TPSA) is 52.7 Å². The van der Waals surface area contributed by atoms with Gasteiger partial charge in [-0.1, -0.05) is 6.58 Å². The van der Waals surface area contributed by atoms with Gasteiger partial charge >= 0.3 is 0 Å². The summed E-state index contributed by atoms with van der Waals surface area (Å²) < 4.78 is 0. The molecule has 1 N–H and O–H groups in total. The Bertz CT molecular complexity index is 548. The van der Waals surface area contributed by atoms with Crippen LogP contribution in [-0.4, -0.2) is 42.9 Å². The normalized spacial score (nSPS) is 14.2. The standard InChI is InChI=1S/C18H25N3O2/c1-3-18(23)20(4-2)14-17(22)19-15-8-10-16(11-9-15)21-12-6-5-7-13-21/h3,8-11H,1,4-7,12-14H2,2H3,(H,19,22). The van der Waals surface area contributed by atoms with Crippen molar-refractivity contribution in [2.75, 3.05) is 36.4 Å². The largest absolute Gasteiger partial charge is 0.372 e. The molecular formula is C18H25N3O2. The molecule has 0 saturated carbocycles. The minimum absolute atomic E-state index is 0.0369. The van der Waals surface area contributed by atoms with Crippen LogP contribution in [0.5, 0.6) is 0 Å². The fourth-order valence-electron chi connectivity index (χ4n) is 2.76. The molecule has 0 bridgehead atoms. The molecular weight excluding hydrogens is 290 g/mol. The number of hydrogen-bond acceptors (Lipinski definition) is 3. The smallest absolute Gasteiger partial charge is 0.246 e. The van der Waals surface area contributed by atoms with Crippen molar-refractivity contribution in [3.05, 3.63) is 36.9 Å². The highest BCUT2D eigenvalue weighted by Gasteiger charge is 2.14. The second kappa shape index (κ2) is 8.36. The van der Waals surface area contributed by atoms with E-state index in [1.165, 1.54) is 35.9 Å². The van der Waals surface area contributed by atoms with Gasteiger partial charge in [-0.3, -0.25) is 9.59 Å². The van der Waals surface area contributed by atoms with Gasteiger partial charge in [-0.15, -0.1) is 0 Å². The van der Waals surface area contributed by atoms with Gasteiger partial charge in [0.15, 0.2) is 0 Å². The maximum Gasteiger partial charge on any atom is 0.246 e. The van der Waals surface area contributed by atoms with Crippen LogP contribution in [0.2, 0.25) is 0 Å². The van der Waals surface area contributed by atoms with Crippen molar-refractivity contribution < 1.29 is 9.59 Å². The van der Waals surface area contributed by atoms with Gasteiger partial charge in [0, 0.05) is 31.0 Å². The number of piperidine rings is 1. The summed E-state index contributed by atoms with van der Waals surface area (Å²) >= 11 is 0. The van der Waals surface area contributed by atoms with Gasteiger partial charge in [0.25, 0.3) is 0 Å². The quantitative estimate of drug-likeness (QED) is 0.821. The van der Waals surface area contributed by atoms with Gasteiger partial charge in [0.2, 0.25) is 11.8 Å². The predicted octanol–water partition coefficient (Wildman–Crippen LogP) is 2.65. The first-order valence-corrected chi connectivity index (χ1v) is 8.20. The first-order valence-electron chi connectivity index (χ1n) is 8.20. The summed E-state index contributed by atoms with van der Waals surface area (Å²) in [5, 5.41) is 2.83. The third-order valence-corrected chi connectivity index (χ3v) is 4.07. The van der Waals surface area contributed by atoms with Gasteiger partial charge in [-0.25, -0.2) is 0 Å². The average Bonchev–Trinajstić information content (AvgIpc) is 2.60. The summed E-state index contributed by atoms with van der Waals surface area (Å²) in [7, 11) is 0. The van der Waals surface area contributed by atoms with Crippen LogP contribution >= 0.6 is 0 Å². The Morgan fingerprint density at radius 3 is 2.43 bits per heavy atom. The first-order chi connectivity index (χ1) is 11.1. The van der Waals surface area contributed by atoms with E-state index in [4.69, 9.17) is 0 Å². The molecule has 0 aromatic heterocycles. The van der Waals surface area contributed by atoms with Crippen molar-refractivity contribution in [1.82, 2.24) is 4.90 Å². The third kappa shape index (κ3) is 4.84. The first kappa shape index (κ1) is 17.1. The second-order valence-electron chi connectivity index (χ2n) is 5.70. The van der Waals surface area contributed by atoms with Crippen LogP contribution in [0, 0.1) is 0 Å². The molecule has 1 aromatic carbocycles. The highest BCUT2D eigenvalue weighted by Crippen LogP contribution is 2.21. The van der Waals surface area contributed by atoms with Crippen LogP contribution in [0.4, 0.5) is 11.4 Å². The molecule has 1 heterocycles. The van der Waals surface area contributed by atoms with Gasteiger partial charge in [-0.05, 0) is 56.5 Å². The molecule has 0 radical (unpaired) electrons. The second-order valence-corrected chi connectivity index (χ2v) is 5.70. The van der Waals surface area contributed by atoms with Gasteiger partial charge in [0.1, 0.15) is 6.54 Å². The minimum atomic E-state index is -0.233. The maximum atomic E-state index is 12.0. The lowest BCUT2D eigenvalue weighted by atomic mass is 10.1. The number of hydrogen-bond donors (Lipinski definition) is 1. The highest BCUT2D eigenvalue weighted by atomic mass is 16.2. The van der Waals surface area contributed by atoms with Gasteiger partial charge in [0.05, 0.1) is 0 Å². The number of carbonyl (C=O) groups is 2. The molecule has 2 rings (SSSR count). The molecule has 0 aliphatic carbocycles. The zero-order valence-corrected chi connectivity index (χ0v) is 13.8. The third-order valence-electron chi connectivity index (χ3n) is 4.07. The lowest BCUT2D eigenvalue weighted by Gasteiger charge is -2.28. The number of rotatable bonds is 6. The van der Waals surface area contributed by atoms with E-state index in [1.807, 2.05) is 31.2 Å². The molecule has 0 atom stereocenters.